The maximum atomic E-state index is 13.7. The number of carbonyl (C=O) groups excluding carboxylic acids is 3. The molecular formula is C28H34N4O5. The molecule has 1 aromatic carbocycles. The second-order valence-electron chi connectivity index (χ2n) is 9.91. The van der Waals surface area contributed by atoms with Crippen molar-refractivity contribution in [1.29, 1.82) is 0 Å². The Bertz CT molecular complexity index is 1090. The van der Waals surface area contributed by atoms with Gasteiger partial charge in [-0.05, 0) is 61.3 Å². The van der Waals surface area contributed by atoms with Crippen LogP contribution in [0.2, 0.25) is 0 Å². The van der Waals surface area contributed by atoms with Crippen molar-refractivity contribution in [2.24, 2.45) is 5.92 Å². The number of pyridine rings is 1. The molecular weight excluding hydrogens is 472 g/mol. The monoisotopic (exact) mass is 506 g/mol. The Morgan fingerprint density at radius 2 is 1.70 bits per heavy atom. The Morgan fingerprint density at radius 3 is 2.38 bits per heavy atom. The van der Waals surface area contributed by atoms with Gasteiger partial charge in [0.25, 0.3) is 0 Å². The molecule has 0 unspecified atom stereocenters. The molecule has 3 amide bonds. The maximum absolute atomic E-state index is 13.7. The van der Waals surface area contributed by atoms with E-state index in [1.165, 1.54) is 4.90 Å². The summed E-state index contributed by atoms with van der Waals surface area (Å²) in [5.74, 6) is -1.91. The highest BCUT2D eigenvalue weighted by Gasteiger charge is 2.42. The first-order valence-electron chi connectivity index (χ1n) is 12.9. The number of likely N-dealkylation sites (tertiary alicyclic amines) is 2. The molecule has 0 spiro atoms. The predicted octanol–water partition coefficient (Wildman–Crippen LogP) is 2.06. The molecule has 9 nitrogen and oxygen atoms in total. The Kier molecular flexibility index (Phi) is 8.87. The molecule has 0 bridgehead atoms. The van der Waals surface area contributed by atoms with E-state index in [-0.39, 0.29) is 43.5 Å². The van der Waals surface area contributed by atoms with Gasteiger partial charge in [0.15, 0.2) is 0 Å². The zero-order chi connectivity index (χ0) is 26.2. The van der Waals surface area contributed by atoms with Crippen LogP contribution in [-0.2, 0) is 32.0 Å². The first-order valence-corrected chi connectivity index (χ1v) is 12.9. The van der Waals surface area contributed by atoms with E-state index in [0.717, 1.165) is 24.0 Å². The molecule has 3 atom stereocenters. The highest BCUT2D eigenvalue weighted by atomic mass is 16.4. The summed E-state index contributed by atoms with van der Waals surface area (Å²) in [5, 5.41) is 12.7. The van der Waals surface area contributed by atoms with Crippen LogP contribution in [0.1, 0.15) is 43.2 Å². The number of hydrogen-bond acceptors (Lipinski definition) is 5. The number of aliphatic carboxylic acids is 1. The Balaban J connectivity index is 1.46. The van der Waals surface area contributed by atoms with E-state index in [1.54, 1.807) is 17.3 Å². The summed E-state index contributed by atoms with van der Waals surface area (Å²) >= 11 is 0. The third kappa shape index (κ3) is 7.15. The van der Waals surface area contributed by atoms with Crippen molar-refractivity contribution in [3.8, 4) is 0 Å². The smallest absolute Gasteiger partial charge is 0.326 e. The average Bonchev–Trinajstić information content (AvgIpc) is 3.58. The molecule has 1 aromatic heterocycles. The fourth-order valence-corrected chi connectivity index (χ4v) is 5.28. The minimum Gasteiger partial charge on any atom is -0.480 e. The van der Waals surface area contributed by atoms with Crippen LogP contribution in [0.5, 0.6) is 0 Å². The molecule has 37 heavy (non-hydrogen) atoms. The van der Waals surface area contributed by atoms with Crippen molar-refractivity contribution < 1.29 is 24.3 Å². The van der Waals surface area contributed by atoms with Crippen LogP contribution in [0.4, 0.5) is 0 Å². The lowest BCUT2D eigenvalue weighted by Crippen LogP contribution is -2.52. The predicted molar refractivity (Wildman–Crippen MR) is 136 cm³/mol. The van der Waals surface area contributed by atoms with E-state index in [2.05, 4.69) is 10.3 Å². The van der Waals surface area contributed by atoms with Crippen molar-refractivity contribution >= 4 is 23.7 Å². The lowest BCUT2D eigenvalue weighted by Gasteiger charge is -2.28. The Hall–Kier alpha value is -3.75. The van der Waals surface area contributed by atoms with Gasteiger partial charge in [0.2, 0.25) is 17.7 Å². The third-order valence-electron chi connectivity index (χ3n) is 7.18. The highest BCUT2D eigenvalue weighted by Crippen LogP contribution is 2.28. The second-order valence-corrected chi connectivity index (χ2v) is 9.91. The van der Waals surface area contributed by atoms with Gasteiger partial charge in [-0.3, -0.25) is 19.4 Å². The number of carboxylic acids is 1. The van der Waals surface area contributed by atoms with Gasteiger partial charge in [0, 0.05) is 38.4 Å². The number of carboxylic acid groups (broad SMARTS) is 1. The number of aromatic nitrogens is 1. The van der Waals surface area contributed by atoms with Gasteiger partial charge in [0.05, 0.1) is 6.42 Å². The summed E-state index contributed by atoms with van der Waals surface area (Å²) in [5.41, 5.74) is 1.84. The van der Waals surface area contributed by atoms with Crippen LogP contribution in [0, 0.1) is 5.92 Å². The van der Waals surface area contributed by atoms with E-state index in [0.29, 0.717) is 25.9 Å². The van der Waals surface area contributed by atoms with Gasteiger partial charge >= 0.3 is 5.97 Å². The second kappa shape index (κ2) is 12.5. The fraction of sp³-hybridized carbons (Fsp3) is 0.464. The molecule has 2 aliphatic heterocycles. The Morgan fingerprint density at radius 1 is 1.00 bits per heavy atom. The fourth-order valence-electron chi connectivity index (χ4n) is 5.28. The normalized spacial score (nSPS) is 20.0. The van der Waals surface area contributed by atoms with Crippen molar-refractivity contribution in [1.82, 2.24) is 20.1 Å². The van der Waals surface area contributed by atoms with Crippen LogP contribution in [0.25, 0.3) is 0 Å². The van der Waals surface area contributed by atoms with Crippen LogP contribution in [0.3, 0.4) is 0 Å². The van der Waals surface area contributed by atoms with E-state index >= 15 is 0 Å². The number of hydrogen-bond donors (Lipinski definition) is 2. The third-order valence-corrected chi connectivity index (χ3v) is 7.18. The van der Waals surface area contributed by atoms with Crippen molar-refractivity contribution in [3.05, 3.63) is 66.0 Å². The molecule has 196 valence electrons. The SMILES string of the molecule is O=C(Cc1ccccc1)N[C@H](CCC(=O)N1CCCC1)C(=O)N1C[C@H](Cc2ccncc2)C[C@H]1C(=O)O. The summed E-state index contributed by atoms with van der Waals surface area (Å²) in [6.45, 7) is 1.70. The Labute approximate surface area is 216 Å². The lowest BCUT2D eigenvalue weighted by molar-refractivity contribution is -0.149. The van der Waals surface area contributed by atoms with Crippen LogP contribution in [-0.4, -0.2) is 75.3 Å². The molecule has 2 fully saturated rings. The zero-order valence-corrected chi connectivity index (χ0v) is 20.9. The topological polar surface area (TPSA) is 120 Å². The molecule has 4 rings (SSSR count). The van der Waals surface area contributed by atoms with Gasteiger partial charge in [-0.2, -0.15) is 0 Å². The summed E-state index contributed by atoms with van der Waals surface area (Å²) < 4.78 is 0. The molecule has 9 heteroatoms. The number of nitrogens with one attached hydrogen (secondary N) is 1. The molecule has 2 aromatic rings. The maximum Gasteiger partial charge on any atom is 0.326 e. The number of nitrogens with zero attached hydrogens (tertiary/aromatic N) is 3. The molecule has 0 aliphatic carbocycles. The molecule has 2 N–H and O–H groups in total. The van der Waals surface area contributed by atoms with Gasteiger partial charge < -0.3 is 20.2 Å². The van der Waals surface area contributed by atoms with Gasteiger partial charge in [-0.1, -0.05) is 30.3 Å². The first-order chi connectivity index (χ1) is 17.9. The van der Waals surface area contributed by atoms with Crippen LogP contribution < -0.4 is 5.32 Å². The van der Waals surface area contributed by atoms with Gasteiger partial charge in [-0.25, -0.2) is 4.79 Å². The number of benzene rings is 1. The molecule has 2 saturated heterocycles. The van der Waals surface area contributed by atoms with Crippen LogP contribution >= 0.6 is 0 Å². The van der Waals surface area contributed by atoms with Gasteiger partial charge in [0.1, 0.15) is 12.1 Å². The number of carbonyl (C=O) groups is 4. The number of amides is 3. The molecule has 0 saturated carbocycles. The minimum absolute atomic E-state index is 0.0284. The standard InChI is InChI=1S/C28H34N4O5/c33-25(18-20-6-2-1-3-7-20)30-23(8-9-26(34)31-14-4-5-15-31)27(35)32-19-22(17-24(32)28(36)37)16-21-10-12-29-13-11-21/h1-3,6-7,10-13,22-24H,4-5,8-9,14-19H2,(H,30,33)(H,36,37)/t22-,23-,24+/m1/s1. The lowest BCUT2D eigenvalue weighted by atomic mass is 9.97. The first kappa shape index (κ1) is 26.3. The highest BCUT2D eigenvalue weighted by molar-refractivity contribution is 5.92. The zero-order valence-electron chi connectivity index (χ0n) is 20.9. The minimum atomic E-state index is -1.06. The quantitative estimate of drug-likeness (QED) is 0.509. The molecule has 2 aliphatic rings. The van der Waals surface area contributed by atoms with Crippen molar-refractivity contribution in [2.75, 3.05) is 19.6 Å². The molecule has 0 radical (unpaired) electrons. The van der Waals surface area contributed by atoms with Crippen molar-refractivity contribution in [2.45, 2.75) is 57.0 Å². The number of rotatable bonds is 10. The van der Waals surface area contributed by atoms with E-state index in [9.17, 15) is 24.3 Å². The molecule has 3 heterocycles. The van der Waals surface area contributed by atoms with E-state index in [4.69, 9.17) is 0 Å². The van der Waals surface area contributed by atoms with Crippen molar-refractivity contribution in [3.63, 3.8) is 0 Å². The largest absolute Gasteiger partial charge is 0.480 e. The van der Waals surface area contributed by atoms with E-state index < -0.39 is 24.0 Å². The van der Waals surface area contributed by atoms with Crippen LogP contribution in [0.15, 0.2) is 54.9 Å². The van der Waals surface area contributed by atoms with E-state index in [1.807, 2.05) is 42.5 Å². The summed E-state index contributed by atoms with van der Waals surface area (Å²) in [6, 6.07) is 11.0. The van der Waals surface area contributed by atoms with Gasteiger partial charge in [-0.15, -0.1) is 0 Å². The summed E-state index contributed by atoms with van der Waals surface area (Å²) in [7, 11) is 0. The average molecular weight is 507 g/mol. The summed E-state index contributed by atoms with van der Waals surface area (Å²) in [6.07, 6.45) is 6.63. The summed E-state index contributed by atoms with van der Waals surface area (Å²) in [4.78, 5) is 58.5.